The Bertz CT molecular complexity index is 84.4. The third-order valence-corrected chi connectivity index (χ3v) is 1.59. The maximum absolute atomic E-state index is 2.38. The summed E-state index contributed by atoms with van der Waals surface area (Å²) in [7, 11) is 0. The van der Waals surface area contributed by atoms with Gasteiger partial charge in [-0.2, -0.15) is 0 Å². The SMILES string of the molecule is CCC1=CCCC1.O. The first-order chi connectivity index (χ1) is 3.43. The van der Waals surface area contributed by atoms with Crippen molar-refractivity contribution in [3.8, 4) is 0 Å². The predicted octanol–water partition coefficient (Wildman–Crippen LogP) is 1.68. The van der Waals surface area contributed by atoms with Gasteiger partial charge >= 0.3 is 0 Å². The van der Waals surface area contributed by atoms with Crippen LogP contribution in [-0.2, 0) is 0 Å². The highest BCUT2D eigenvalue weighted by molar-refractivity contribution is 5.05. The molecule has 1 rings (SSSR count). The Morgan fingerprint density at radius 1 is 1.62 bits per heavy atom. The molecular formula is C7H14O. The Balaban J connectivity index is 0.000000490. The van der Waals surface area contributed by atoms with Crippen molar-refractivity contribution in [2.75, 3.05) is 0 Å². The zero-order valence-electron chi connectivity index (χ0n) is 5.41. The van der Waals surface area contributed by atoms with E-state index in [4.69, 9.17) is 0 Å². The summed E-state index contributed by atoms with van der Waals surface area (Å²) in [6.07, 6.45) is 7.77. The smallest absolute Gasteiger partial charge is 0.0317 e. The molecule has 0 fully saturated rings. The molecule has 0 aliphatic heterocycles. The first kappa shape index (κ1) is 7.70. The zero-order chi connectivity index (χ0) is 5.11. The van der Waals surface area contributed by atoms with E-state index in [1.165, 1.54) is 25.7 Å². The number of hydrogen-bond donors (Lipinski definition) is 0. The van der Waals surface area contributed by atoms with Gasteiger partial charge in [0.25, 0.3) is 0 Å². The molecule has 0 bridgehead atoms. The molecule has 48 valence electrons. The van der Waals surface area contributed by atoms with E-state index in [1.807, 2.05) is 0 Å². The van der Waals surface area contributed by atoms with Gasteiger partial charge in [0, 0.05) is 0 Å². The van der Waals surface area contributed by atoms with Gasteiger partial charge in [-0.15, -0.1) is 0 Å². The van der Waals surface area contributed by atoms with Crippen molar-refractivity contribution in [1.29, 1.82) is 0 Å². The Kier molecular flexibility index (Phi) is 3.53. The van der Waals surface area contributed by atoms with Crippen molar-refractivity contribution < 1.29 is 5.48 Å². The topological polar surface area (TPSA) is 31.5 Å². The van der Waals surface area contributed by atoms with Crippen LogP contribution in [-0.4, -0.2) is 5.48 Å². The quantitative estimate of drug-likeness (QED) is 0.464. The van der Waals surface area contributed by atoms with Crippen LogP contribution in [0, 0.1) is 0 Å². The maximum Gasteiger partial charge on any atom is -0.0317 e. The van der Waals surface area contributed by atoms with Gasteiger partial charge < -0.3 is 5.48 Å². The minimum Gasteiger partial charge on any atom is -0.412 e. The molecule has 0 heterocycles. The van der Waals surface area contributed by atoms with E-state index in [2.05, 4.69) is 13.0 Å². The summed E-state index contributed by atoms with van der Waals surface area (Å²) in [5.74, 6) is 0. The molecule has 1 nitrogen and oxygen atoms in total. The molecule has 1 heteroatoms. The molecule has 0 unspecified atom stereocenters. The molecule has 1 aliphatic carbocycles. The van der Waals surface area contributed by atoms with Gasteiger partial charge in [-0.1, -0.05) is 18.6 Å². The lowest BCUT2D eigenvalue weighted by Gasteiger charge is -1.88. The van der Waals surface area contributed by atoms with Crippen molar-refractivity contribution in [1.82, 2.24) is 0 Å². The van der Waals surface area contributed by atoms with E-state index in [0.717, 1.165) is 0 Å². The summed E-state index contributed by atoms with van der Waals surface area (Å²) in [6.45, 7) is 2.23. The van der Waals surface area contributed by atoms with Crippen LogP contribution < -0.4 is 0 Å². The predicted molar refractivity (Wildman–Crippen MR) is 35.8 cm³/mol. The second-order valence-corrected chi connectivity index (χ2v) is 2.11. The van der Waals surface area contributed by atoms with Crippen molar-refractivity contribution >= 4 is 0 Å². The van der Waals surface area contributed by atoms with Gasteiger partial charge in [0.05, 0.1) is 0 Å². The fourth-order valence-corrected chi connectivity index (χ4v) is 1.06. The van der Waals surface area contributed by atoms with Crippen molar-refractivity contribution in [3.63, 3.8) is 0 Å². The van der Waals surface area contributed by atoms with E-state index in [1.54, 1.807) is 5.57 Å². The molecule has 1 aliphatic rings. The van der Waals surface area contributed by atoms with E-state index in [-0.39, 0.29) is 5.48 Å². The van der Waals surface area contributed by atoms with E-state index < -0.39 is 0 Å². The number of hydrogen-bond acceptors (Lipinski definition) is 0. The molecule has 0 aromatic carbocycles. The first-order valence-electron chi connectivity index (χ1n) is 3.11. The summed E-state index contributed by atoms with van der Waals surface area (Å²) < 4.78 is 0. The zero-order valence-corrected chi connectivity index (χ0v) is 5.41. The van der Waals surface area contributed by atoms with Crippen molar-refractivity contribution in [3.05, 3.63) is 11.6 Å². The summed E-state index contributed by atoms with van der Waals surface area (Å²) in [6, 6.07) is 0. The van der Waals surface area contributed by atoms with Gasteiger partial charge in [0.1, 0.15) is 0 Å². The largest absolute Gasteiger partial charge is 0.412 e. The number of rotatable bonds is 1. The molecule has 0 saturated carbocycles. The third kappa shape index (κ3) is 1.66. The average Bonchev–Trinajstić information content (AvgIpc) is 2.14. The first-order valence-corrected chi connectivity index (χ1v) is 3.11. The molecule has 8 heavy (non-hydrogen) atoms. The second-order valence-electron chi connectivity index (χ2n) is 2.11. The van der Waals surface area contributed by atoms with E-state index in [0.29, 0.717) is 0 Å². The Morgan fingerprint density at radius 2 is 2.38 bits per heavy atom. The van der Waals surface area contributed by atoms with Crippen LogP contribution in [0.1, 0.15) is 32.6 Å². The standard InChI is InChI=1S/C7H12.H2O/c1-2-7-5-3-4-6-7;/h5H,2-4,6H2,1H3;1H2. The van der Waals surface area contributed by atoms with Crippen LogP contribution in [0.2, 0.25) is 0 Å². The Morgan fingerprint density at radius 3 is 2.62 bits per heavy atom. The van der Waals surface area contributed by atoms with Crippen LogP contribution in [0.5, 0.6) is 0 Å². The number of allylic oxidation sites excluding steroid dienone is 2. The summed E-state index contributed by atoms with van der Waals surface area (Å²) in [5, 5.41) is 0. The lowest BCUT2D eigenvalue weighted by atomic mass is 10.2. The van der Waals surface area contributed by atoms with Crippen molar-refractivity contribution in [2.45, 2.75) is 32.6 Å². The average molecular weight is 114 g/mol. The third-order valence-electron chi connectivity index (χ3n) is 1.59. The van der Waals surface area contributed by atoms with Gasteiger partial charge in [0.15, 0.2) is 0 Å². The lowest BCUT2D eigenvalue weighted by Crippen LogP contribution is -1.68. The van der Waals surface area contributed by atoms with Crippen LogP contribution in [0.4, 0.5) is 0 Å². The summed E-state index contributed by atoms with van der Waals surface area (Å²) >= 11 is 0. The highest BCUT2D eigenvalue weighted by atomic mass is 16.0. The summed E-state index contributed by atoms with van der Waals surface area (Å²) in [4.78, 5) is 0. The molecule has 0 amide bonds. The van der Waals surface area contributed by atoms with Crippen LogP contribution in [0.25, 0.3) is 0 Å². The molecule has 0 saturated heterocycles. The van der Waals surface area contributed by atoms with Crippen molar-refractivity contribution in [2.24, 2.45) is 0 Å². The highest BCUT2D eigenvalue weighted by Gasteiger charge is 1.99. The minimum absolute atomic E-state index is 0. The van der Waals surface area contributed by atoms with Gasteiger partial charge in [0.2, 0.25) is 0 Å². The second kappa shape index (κ2) is 3.67. The van der Waals surface area contributed by atoms with Crippen LogP contribution in [0.3, 0.4) is 0 Å². The summed E-state index contributed by atoms with van der Waals surface area (Å²) in [5.41, 5.74) is 1.67. The van der Waals surface area contributed by atoms with Gasteiger partial charge in [-0.3, -0.25) is 0 Å². The van der Waals surface area contributed by atoms with E-state index in [9.17, 15) is 0 Å². The monoisotopic (exact) mass is 114 g/mol. The van der Waals surface area contributed by atoms with Crippen LogP contribution >= 0.6 is 0 Å². The maximum atomic E-state index is 2.38. The molecule has 2 N–H and O–H groups in total. The van der Waals surface area contributed by atoms with Crippen LogP contribution in [0.15, 0.2) is 11.6 Å². The van der Waals surface area contributed by atoms with Gasteiger partial charge in [-0.25, -0.2) is 0 Å². The Labute approximate surface area is 50.7 Å². The van der Waals surface area contributed by atoms with Gasteiger partial charge in [-0.05, 0) is 25.7 Å². The molecule has 0 spiro atoms. The minimum atomic E-state index is 0. The lowest BCUT2D eigenvalue weighted by molar-refractivity contribution is 0.824. The fraction of sp³-hybridized carbons (Fsp3) is 0.714. The normalized spacial score (nSPS) is 17.4. The fourth-order valence-electron chi connectivity index (χ4n) is 1.06. The van der Waals surface area contributed by atoms with E-state index >= 15 is 0 Å². The molecular weight excluding hydrogens is 100 g/mol. The molecule has 0 aromatic heterocycles. The molecule has 0 aromatic rings. The Hall–Kier alpha value is -0.300. The molecule has 0 atom stereocenters. The molecule has 0 radical (unpaired) electrons. The highest BCUT2D eigenvalue weighted by Crippen LogP contribution is 2.19.